The van der Waals surface area contributed by atoms with Gasteiger partial charge in [0.25, 0.3) is 0 Å². The van der Waals surface area contributed by atoms with Gasteiger partial charge in [0, 0.05) is 65.8 Å². The van der Waals surface area contributed by atoms with Gasteiger partial charge in [-0.1, -0.05) is 159 Å². The van der Waals surface area contributed by atoms with Crippen LogP contribution in [0.1, 0.15) is 124 Å². The smallest absolute Gasteiger partial charge is 0.144 e. The fourth-order valence-corrected chi connectivity index (χ4v) is 15.3. The first kappa shape index (κ1) is 42.6. The van der Waals surface area contributed by atoms with E-state index in [1.165, 1.54) is 133 Å². The van der Waals surface area contributed by atoms with Crippen molar-refractivity contribution >= 4 is 78.2 Å². The lowest BCUT2D eigenvalue weighted by Gasteiger charge is -2.32. The number of benzene rings is 8. The monoisotopic (exact) mass is 955 g/mol. The van der Waals surface area contributed by atoms with Gasteiger partial charge < -0.3 is 13.7 Å². The third-order valence-corrected chi connectivity index (χ3v) is 19.0. The van der Waals surface area contributed by atoms with E-state index in [9.17, 15) is 0 Å². The molecule has 0 fully saturated rings. The maximum Gasteiger partial charge on any atom is 0.144 e. The SMILES string of the molecule is CC1(C)C2=C(C=C3C(=CC2)c2c(ccc4oc5ccccc5c24)C3(C)C)c2ccc(N(c3ccc4c(c3)C=CCC4)c3ccc4c(c3)C(C)(C)c3c5c(c6c(oc7ccccc76)c3-4)-c3ccccc3C5(C)C)cc21. The number of furan rings is 2. The molecule has 10 aromatic rings. The Labute approximate surface area is 432 Å². The van der Waals surface area contributed by atoms with Crippen molar-refractivity contribution < 1.29 is 8.83 Å². The first-order valence-corrected chi connectivity index (χ1v) is 26.9. The first-order valence-electron chi connectivity index (χ1n) is 26.9. The van der Waals surface area contributed by atoms with E-state index in [4.69, 9.17) is 8.83 Å². The number of aryl methyl sites for hydroxylation is 1. The number of hydrogen-bond donors (Lipinski definition) is 0. The van der Waals surface area contributed by atoms with Crippen LogP contribution in [0.3, 0.4) is 0 Å². The van der Waals surface area contributed by atoms with Crippen molar-refractivity contribution in [3.8, 4) is 22.3 Å². The van der Waals surface area contributed by atoms with Gasteiger partial charge in [-0.05, 0) is 175 Å². The Kier molecular flexibility index (Phi) is 8.08. The molecule has 0 unspecified atom stereocenters. The highest BCUT2D eigenvalue weighted by molar-refractivity contribution is 6.21. The topological polar surface area (TPSA) is 29.5 Å². The number of anilines is 3. The van der Waals surface area contributed by atoms with E-state index in [0.29, 0.717) is 0 Å². The molecule has 16 rings (SSSR count). The molecule has 0 bridgehead atoms. The zero-order valence-corrected chi connectivity index (χ0v) is 43.5. The van der Waals surface area contributed by atoms with E-state index in [2.05, 4.69) is 224 Å². The van der Waals surface area contributed by atoms with Crippen LogP contribution < -0.4 is 4.90 Å². The maximum atomic E-state index is 7.08. The Bertz CT molecular complexity index is 4390. The van der Waals surface area contributed by atoms with Gasteiger partial charge in [0.2, 0.25) is 0 Å². The van der Waals surface area contributed by atoms with Crippen molar-refractivity contribution in [1.29, 1.82) is 0 Å². The van der Waals surface area contributed by atoms with Crippen molar-refractivity contribution in [2.75, 3.05) is 4.90 Å². The Balaban J connectivity index is 0.869. The number of nitrogens with zero attached hydrogens (tertiary/aromatic N) is 1. The van der Waals surface area contributed by atoms with Crippen LogP contribution in [0.2, 0.25) is 0 Å². The maximum absolute atomic E-state index is 7.08. The van der Waals surface area contributed by atoms with E-state index in [1.54, 1.807) is 0 Å². The lowest BCUT2D eigenvalue weighted by molar-refractivity contribution is 0.600. The zero-order chi connectivity index (χ0) is 49.9. The van der Waals surface area contributed by atoms with Crippen LogP contribution in [0.4, 0.5) is 17.1 Å². The lowest BCUT2D eigenvalue weighted by Crippen LogP contribution is -2.24. The molecule has 0 saturated heterocycles. The van der Waals surface area contributed by atoms with Crippen LogP contribution >= 0.6 is 0 Å². The van der Waals surface area contributed by atoms with Gasteiger partial charge >= 0.3 is 0 Å². The molecule has 0 spiro atoms. The summed E-state index contributed by atoms with van der Waals surface area (Å²) in [7, 11) is 0. The molecule has 3 nitrogen and oxygen atoms in total. The summed E-state index contributed by atoms with van der Waals surface area (Å²) in [5, 5.41) is 4.86. The van der Waals surface area contributed by atoms with Gasteiger partial charge in [0.05, 0.1) is 0 Å². The quantitative estimate of drug-likeness (QED) is 0.177. The minimum absolute atomic E-state index is 0.183. The highest BCUT2D eigenvalue weighted by Gasteiger charge is 2.49. The van der Waals surface area contributed by atoms with Crippen molar-refractivity contribution in [2.45, 2.75) is 96.3 Å². The summed E-state index contributed by atoms with van der Waals surface area (Å²) < 4.78 is 13.6. The second-order valence-electron chi connectivity index (χ2n) is 24.2. The predicted octanol–water partition coefficient (Wildman–Crippen LogP) is 19.3. The molecule has 0 atom stereocenters. The normalized spacial score (nSPS) is 18.3. The molecule has 6 aliphatic carbocycles. The fourth-order valence-electron chi connectivity index (χ4n) is 15.3. The zero-order valence-electron chi connectivity index (χ0n) is 43.5. The Hall–Kier alpha value is -7.88. The van der Waals surface area contributed by atoms with Crippen molar-refractivity contribution in [3.63, 3.8) is 0 Å². The molecule has 358 valence electrons. The van der Waals surface area contributed by atoms with E-state index in [-0.39, 0.29) is 21.7 Å². The molecule has 0 N–H and O–H groups in total. The van der Waals surface area contributed by atoms with Gasteiger partial charge in [-0.15, -0.1) is 0 Å². The average Bonchev–Trinajstić information content (AvgIpc) is 4.19. The molecular weight excluding hydrogens is 899 g/mol. The highest BCUT2D eigenvalue weighted by Crippen LogP contribution is 2.64. The minimum Gasteiger partial charge on any atom is -0.456 e. The summed E-state index contributed by atoms with van der Waals surface area (Å²) in [4.78, 5) is 2.54. The molecule has 8 aromatic carbocycles. The summed E-state index contributed by atoms with van der Waals surface area (Å²) in [5.41, 5.74) is 31.0. The summed E-state index contributed by atoms with van der Waals surface area (Å²) >= 11 is 0. The molecule has 2 heterocycles. The molecule has 0 amide bonds. The van der Waals surface area contributed by atoms with Crippen molar-refractivity contribution in [2.24, 2.45) is 0 Å². The Morgan fingerprint density at radius 2 is 1.12 bits per heavy atom. The summed E-state index contributed by atoms with van der Waals surface area (Å²) in [5.74, 6) is 0. The Morgan fingerprint density at radius 1 is 0.486 bits per heavy atom. The largest absolute Gasteiger partial charge is 0.456 e. The van der Waals surface area contributed by atoms with Crippen molar-refractivity contribution in [1.82, 2.24) is 0 Å². The van der Waals surface area contributed by atoms with Gasteiger partial charge in [-0.3, -0.25) is 0 Å². The molecular formula is C71H57NO2. The second-order valence-corrected chi connectivity index (χ2v) is 24.2. The number of para-hydroxylation sites is 2. The Morgan fingerprint density at radius 3 is 1.92 bits per heavy atom. The molecule has 2 aromatic heterocycles. The first-order chi connectivity index (χ1) is 35.7. The second kappa shape index (κ2) is 14.0. The van der Waals surface area contributed by atoms with Gasteiger partial charge in [-0.2, -0.15) is 0 Å². The van der Waals surface area contributed by atoms with Crippen LogP contribution in [0.15, 0.2) is 178 Å². The fraction of sp³-hybridized carbons (Fsp3) is 0.211. The summed E-state index contributed by atoms with van der Waals surface area (Å²) in [6.45, 7) is 19.5. The van der Waals surface area contributed by atoms with Crippen LogP contribution in [-0.2, 0) is 28.1 Å². The highest BCUT2D eigenvalue weighted by atomic mass is 16.3. The number of fused-ring (bicyclic) bond motifs is 22. The molecule has 0 saturated carbocycles. The minimum atomic E-state index is -0.326. The molecule has 0 aliphatic heterocycles. The summed E-state index contributed by atoms with van der Waals surface area (Å²) in [6.07, 6.45) is 12.8. The summed E-state index contributed by atoms with van der Waals surface area (Å²) in [6, 6.07) is 52.6. The third kappa shape index (κ3) is 5.22. The van der Waals surface area contributed by atoms with Gasteiger partial charge in [-0.25, -0.2) is 0 Å². The standard InChI is InChI=1S/C71H57NO2/c1-68(2)52-32-31-46-56(69(3,4)53-33-34-59-61(60(46)53)48-20-12-15-23-57(48)73-59)38-50(52)44-29-27-42(36-54(44)68)72(41-26-25-39-17-9-10-18-40(39)35-41)43-28-30-47-55(37-43)71(7,8)66-64(47)67-63(49-21-13-16-24-58(49)74-67)62-45-19-11-14-22-51(45)70(5,6)65(62)66/h10-16,18-31,33-38H,9,17,32H2,1-8H3. The third-order valence-electron chi connectivity index (χ3n) is 19.0. The van der Waals surface area contributed by atoms with Gasteiger partial charge in [0.1, 0.15) is 22.3 Å². The molecule has 0 radical (unpaired) electrons. The molecule has 3 heteroatoms. The van der Waals surface area contributed by atoms with Gasteiger partial charge in [0.15, 0.2) is 0 Å². The number of hydrogen-bond acceptors (Lipinski definition) is 3. The van der Waals surface area contributed by atoms with E-state index in [0.717, 1.165) is 47.3 Å². The van der Waals surface area contributed by atoms with Crippen LogP contribution in [0, 0.1) is 0 Å². The molecule has 6 aliphatic rings. The number of allylic oxidation sites excluding steroid dienone is 7. The average molecular weight is 956 g/mol. The molecule has 74 heavy (non-hydrogen) atoms. The van der Waals surface area contributed by atoms with Crippen molar-refractivity contribution in [3.05, 3.63) is 225 Å². The van der Waals surface area contributed by atoms with E-state index in [1.807, 2.05) is 0 Å². The van der Waals surface area contributed by atoms with Crippen LogP contribution in [0.25, 0.3) is 83.4 Å². The van der Waals surface area contributed by atoms with Crippen LogP contribution in [-0.4, -0.2) is 0 Å². The van der Waals surface area contributed by atoms with E-state index >= 15 is 0 Å². The lowest BCUT2D eigenvalue weighted by atomic mass is 9.72. The predicted molar refractivity (Wildman–Crippen MR) is 308 cm³/mol. The number of rotatable bonds is 3. The van der Waals surface area contributed by atoms with E-state index < -0.39 is 0 Å². The van der Waals surface area contributed by atoms with Crippen LogP contribution in [0.5, 0.6) is 0 Å².